The lowest BCUT2D eigenvalue weighted by atomic mass is 9.99. The van der Waals surface area contributed by atoms with Crippen LogP contribution in [0.2, 0.25) is 0 Å². The molecule has 5 heteroatoms. The number of anilines is 1. The lowest BCUT2D eigenvalue weighted by molar-refractivity contribution is 0.169. The van der Waals surface area contributed by atoms with E-state index in [0.29, 0.717) is 10.8 Å². The molecule has 0 saturated carbocycles. The van der Waals surface area contributed by atoms with Crippen molar-refractivity contribution >= 4 is 15.5 Å². The fourth-order valence-electron chi connectivity index (χ4n) is 4.39. The zero-order valence-corrected chi connectivity index (χ0v) is 19.9. The van der Waals surface area contributed by atoms with Crippen molar-refractivity contribution in [1.82, 2.24) is 4.90 Å². The third-order valence-electron chi connectivity index (χ3n) is 6.32. The van der Waals surface area contributed by atoms with Crippen molar-refractivity contribution in [1.29, 1.82) is 0 Å². The van der Waals surface area contributed by atoms with E-state index in [1.165, 1.54) is 22.9 Å². The van der Waals surface area contributed by atoms with Crippen LogP contribution in [0.1, 0.15) is 42.5 Å². The van der Waals surface area contributed by atoms with Gasteiger partial charge in [0.05, 0.1) is 10.9 Å². The molecule has 1 atom stereocenters. The van der Waals surface area contributed by atoms with E-state index in [4.69, 9.17) is 0 Å². The fraction of sp³-hybridized carbons (Fsp3) is 0.333. The highest BCUT2D eigenvalue weighted by atomic mass is 32.2. The Morgan fingerprint density at radius 1 is 0.906 bits per heavy atom. The van der Waals surface area contributed by atoms with E-state index in [9.17, 15) is 8.42 Å². The lowest BCUT2D eigenvalue weighted by Crippen LogP contribution is -2.48. The van der Waals surface area contributed by atoms with Gasteiger partial charge in [0.15, 0.2) is 9.84 Å². The van der Waals surface area contributed by atoms with Gasteiger partial charge in [-0.1, -0.05) is 74.5 Å². The summed E-state index contributed by atoms with van der Waals surface area (Å²) in [5, 5.41) is 0. The molecule has 1 heterocycles. The zero-order chi connectivity index (χ0) is 22.7. The van der Waals surface area contributed by atoms with Crippen LogP contribution in [0.3, 0.4) is 0 Å². The molecule has 32 heavy (non-hydrogen) atoms. The molecule has 0 unspecified atom stereocenters. The Balaban J connectivity index is 1.58. The summed E-state index contributed by atoms with van der Waals surface area (Å²) in [5.74, 6) is 0.535. The summed E-state index contributed by atoms with van der Waals surface area (Å²) < 4.78 is 24.1. The van der Waals surface area contributed by atoms with Crippen LogP contribution in [-0.2, 0) is 16.4 Å². The molecule has 0 N–H and O–H groups in total. The van der Waals surface area contributed by atoms with Gasteiger partial charge in [0.2, 0.25) is 0 Å². The van der Waals surface area contributed by atoms with Gasteiger partial charge in [-0.15, -0.1) is 0 Å². The minimum atomic E-state index is -3.23. The fourth-order valence-corrected chi connectivity index (χ4v) is 5.05. The molecule has 1 fully saturated rings. The topological polar surface area (TPSA) is 40.6 Å². The quantitative estimate of drug-likeness (QED) is 0.515. The van der Waals surface area contributed by atoms with Crippen molar-refractivity contribution in [2.24, 2.45) is 0 Å². The first-order valence-electron chi connectivity index (χ1n) is 11.2. The standard InChI is InChI=1S/C27H32N2O2S/c1-21(2)23-14-12-22(13-15-23)19-29-17-16-28(20-27(29)24-8-5-4-6-9-24)25-10-7-11-26(18-25)32(3,30)31/h4-15,18,21,27H,16-17,19-20H2,1-3H3/t27-/m1/s1. The molecule has 1 saturated heterocycles. The largest absolute Gasteiger partial charge is 0.368 e. The van der Waals surface area contributed by atoms with Crippen molar-refractivity contribution in [2.75, 3.05) is 30.8 Å². The third-order valence-corrected chi connectivity index (χ3v) is 7.43. The second-order valence-corrected chi connectivity index (χ2v) is 11.0. The van der Waals surface area contributed by atoms with Gasteiger partial charge in [-0.3, -0.25) is 4.90 Å². The van der Waals surface area contributed by atoms with Crippen LogP contribution in [-0.4, -0.2) is 39.2 Å². The van der Waals surface area contributed by atoms with Crippen molar-refractivity contribution in [2.45, 2.75) is 37.2 Å². The van der Waals surface area contributed by atoms with Gasteiger partial charge in [-0.25, -0.2) is 8.42 Å². The zero-order valence-electron chi connectivity index (χ0n) is 19.1. The number of benzene rings is 3. The van der Waals surface area contributed by atoms with Crippen LogP contribution < -0.4 is 4.90 Å². The molecule has 1 aliphatic heterocycles. The second-order valence-electron chi connectivity index (χ2n) is 9.01. The van der Waals surface area contributed by atoms with Crippen LogP contribution in [0, 0.1) is 0 Å². The molecule has 3 aromatic carbocycles. The number of rotatable bonds is 6. The number of nitrogens with zero attached hydrogens (tertiary/aromatic N) is 2. The summed E-state index contributed by atoms with van der Waals surface area (Å²) in [5.41, 5.74) is 4.94. The Morgan fingerprint density at radius 2 is 1.62 bits per heavy atom. The Hall–Kier alpha value is -2.63. The summed E-state index contributed by atoms with van der Waals surface area (Å²) >= 11 is 0. The second kappa shape index (κ2) is 9.47. The van der Waals surface area contributed by atoms with Crippen LogP contribution in [0.15, 0.2) is 83.8 Å². The molecule has 0 spiro atoms. The molecule has 0 bridgehead atoms. The average molecular weight is 449 g/mol. The van der Waals surface area contributed by atoms with E-state index < -0.39 is 9.84 Å². The first-order chi connectivity index (χ1) is 15.3. The SMILES string of the molecule is CC(C)c1ccc(CN2CCN(c3cccc(S(C)(=O)=O)c3)C[C@@H]2c2ccccc2)cc1. The van der Waals surface area contributed by atoms with Crippen molar-refractivity contribution in [3.8, 4) is 0 Å². The Labute approximate surface area is 192 Å². The summed E-state index contributed by atoms with van der Waals surface area (Å²) in [7, 11) is -3.23. The van der Waals surface area contributed by atoms with Crippen LogP contribution in [0.5, 0.6) is 0 Å². The van der Waals surface area contributed by atoms with Crippen molar-refractivity contribution < 1.29 is 8.42 Å². The molecule has 0 amide bonds. The predicted molar refractivity (Wildman–Crippen MR) is 132 cm³/mol. The first-order valence-corrected chi connectivity index (χ1v) is 13.1. The Morgan fingerprint density at radius 3 is 2.28 bits per heavy atom. The van der Waals surface area contributed by atoms with Gasteiger partial charge in [0, 0.05) is 38.1 Å². The van der Waals surface area contributed by atoms with Crippen LogP contribution in [0.4, 0.5) is 5.69 Å². The first kappa shape index (κ1) is 22.6. The molecule has 1 aliphatic rings. The Kier molecular flexibility index (Phi) is 6.68. The number of hydrogen-bond acceptors (Lipinski definition) is 4. The summed E-state index contributed by atoms with van der Waals surface area (Å²) in [6, 6.07) is 27.2. The molecule has 4 rings (SSSR count). The average Bonchev–Trinajstić information content (AvgIpc) is 2.80. The van der Waals surface area contributed by atoms with Gasteiger partial charge in [-0.2, -0.15) is 0 Å². The maximum absolute atomic E-state index is 12.0. The van der Waals surface area contributed by atoms with Gasteiger partial charge in [0.1, 0.15) is 0 Å². The summed E-state index contributed by atoms with van der Waals surface area (Å²) in [6.45, 7) is 7.93. The monoisotopic (exact) mass is 448 g/mol. The number of piperazine rings is 1. The molecule has 3 aromatic rings. The van der Waals surface area contributed by atoms with Gasteiger partial charge in [-0.05, 0) is 40.8 Å². The number of sulfone groups is 1. The van der Waals surface area contributed by atoms with E-state index in [1.54, 1.807) is 12.1 Å². The van der Waals surface area contributed by atoms with Crippen LogP contribution in [0.25, 0.3) is 0 Å². The van der Waals surface area contributed by atoms with Gasteiger partial charge >= 0.3 is 0 Å². The lowest BCUT2D eigenvalue weighted by Gasteiger charge is -2.43. The highest BCUT2D eigenvalue weighted by Gasteiger charge is 2.29. The smallest absolute Gasteiger partial charge is 0.175 e. The number of hydrogen-bond donors (Lipinski definition) is 0. The summed E-state index contributed by atoms with van der Waals surface area (Å²) in [4.78, 5) is 5.22. The van der Waals surface area contributed by atoms with Gasteiger partial charge in [0.25, 0.3) is 0 Å². The molecule has 168 valence electrons. The third kappa shape index (κ3) is 5.22. The maximum Gasteiger partial charge on any atom is 0.175 e. The van der Waals surface area contributed by atoms with E-state index >= 15 is 0 Å². The van der Waals surface area contributed by atoms with E-state index in [0.717, 1.165) is 31.9 Å². The Bertz CT molecular complexity index is 1140. The highest BCUT2D eigenvalue weighted by Crippen LogP contribution is 2.31. The van der Waals surface area contributed by atoms with Crippen LogP contribution >= 0.6 is 0 Å². The molecular formula is C27H32N2O2S. The minimum absolute atomic E-state index is 0.233. The van der Waals surface area contributed by atoms with E-state index in [1.807, 2.05) is 12.1 Å². The highest BCUT2D eigenvalue weighted by molar-refractivity contribution is 7.90. The maximum atomic E-state index is 12.0. The molecule has 0 radical (unpaired) electrons. The van der Waals surface area contributed by atoms with Crippen molar-refractivity contribution in [3.05, 3.63) is 95.6 Å². The van der Waals surface area contributed by atoms with E-state index in [2.05, 4.69) is 78.2 Å². The van der Waals surface area contributed by atoms with Gasteiger partial charge < -0.3 is 4.90 Å². The molecule has 4 nitrogen and oxygen atoms in total. The van der Waals surface area contributed by atoms with Crippen molar-refractivity contribution in [3.63, 3.8) is 0 Å². The van der Waals surface area contributed by atoms with E-state index in [-0.39, 0.29) is 6.04 Å². The molecule has 0 aliphatic carbocycles. The predicted octanol–water partition coefficient (Wildman–Crippen LogP) is 5.28. The minimum Gasteiger partial charge on any atom is -0.368 e. The molecule has 0 aromatic heterocycles. The molecular weight excluding hydrogens is 416 g/mol. The summed E-state index contributed by atoms with van der Waals surface area (Å²) in [6.07, 6.45) is 1.27. The normalized spacial score (nSPS) is 17.6.